The van der Waals surface area contributed by atoms with Gasteiger partial charge in [-0.3, -0.25) is 5.10 Å². The van der Waals surface area contributed by atoms with Crippen LogP contribution in [0.4, 0.5) is 0 Å². The van der Waals surface area contributed by atoms with Gasteiger partial charge in [0.15, 0.2) is 0 Å². The molecule has 60 heavy (non-hydrogen) atoms. The number of aromatic nitrogens is 2. The SMILES string of the molecule is CC1CCC1.CC1CCCCC1.CC1CCOCC1.CC1CCS(=O)(=O)CC1.CC1COC1.C[C@@H]1CCC2(CCCC2)OC1.C[C@@H]1CCCc2[nH]ncc21.C[C@H]1CCOC1. The number of hydrogen-bond donors (Lipinski definition) is 1. The van der Waals surface area contributed by atoms with Gasteiger partial charge in [-0.25, -0.2) is 8.42 Å². The maximum Gasteiger partial charge on any atom is 0.150 e. The second-order valence-electron chi connectivity index (χ2n) is 21.0. The van der Waals surface area contributed by atoms with E-state index in [-0.39, 0.29) is 0 Å². The molecule has 10 rings (SSSR count). The molecule has 5 saturated heterocycles. The molecule has 1 spiro atoms. The van der Waals surface area contributed by atoms with E-state index in [4.69, 9.17) is 18.9 Å². The van der Waals surface area contributed by atoms with Crippen molar-refractivity contribution in [1.29, 1.82) is 0 Å². The smallest absolute Gasteiger partial charge is 0.150 e. The molecule has 352 valence electrons. The Balaban J connectivity index is 0.000000186. The number of nitrogens with zero attached hydrogens (tertiary/aromatic N) is 1. The summed E-state index contributed by atoms with van der Waals surface area (Å²) in [6, 6.07) is 0. The van der Waals surface area contributed by atoms with Crippen LogP contribution in [0.2, 0.25) is 0 Å². The summed E-state index contributed by atoms with van der Waals surface area (Å²) >= 11 is 0. The topological polar surface area (TPSA) is 99.7 Å². The van der Waals surface area contributed by atoms with E-state index in [0.29, 0.717) is 23.0 Å². The predicted molar refractivity (Wildman–Crippen MR) is 252 cm³/mol. The standard InChI is InChI=1S/C10H18O.C8H12N2.C7H14.C6H12O2S.C6H12O.C5H10O.C5H10.C4H8O/c1-9-4-7-10(11-8-9)5-2-3-6-10;1-6-3-2-4-8-7(6)5-9-10-8;1-7-5-3-2-4-6-7;1-6-2-4-9(7,8)5-3-6;1-6-2-4-7-5-3-6;1-5-2-3-6-4-5;1-5-3-2-4-5;1-4-2-5-3-4/h9H,2-8H2,1H3;5-6H,2-4H2,1H3,(H,9,10);7H,2-6H2,1H3;6H,2-5H2,1H3;6H,2-5H2,1H3;5H,2-4H2,1H3;5H,2-4H2,1H3;4H,2-3H2,1H3/t9-;6-;;;;5-;;/m11...0../s1. The molecule has 9 aliphatic rings. The molecule has 0 bridgehead atoms. The van der Waals surface area contributed by atoms with Crippen molar-refractivity contribution >= 4 is 9.84 Å². The minimum Gasteiger partial charge on any atom is -0.381 e. The fraction of sp³-hybridized carbons (Fsp3) is 0.941. The fourth-order valence-corrected chi connectivity index (χ4v) is 10.6. The second-order valence-corrected chi connectivity index (χ2v) is 23.3. The maximum atomic E-state index is 10.8. The van der Waals surface area contributed by atoms with Crippen LogP contribution in [0, 0.1) is 41.4 Å². The monoisotopic (exact) mass is 865 g/mol. The predicted octanol–water partition coefficient (Wildman–Crippen LogP) is 12.9. The van der Waals surface area contributed by atoms with Gasteiger partial charge in [-0.1, -0.05) is 120 Å². The average Bonchev–Trinajstić information content (AvgIpc) is 4.02. The van der Waals surface area contributed by atoms with Crippen molar-refractivity contribution in [1.82, 2.24) is 10.2 Å². The Morgan fingerprint density at radius 2 is 1.05 bits per heavy atom. The molecule has 3 atom stereocenters. The van der Waals surface area contributed by atoms with Crippen molar-refractivity contribution in [2.45, 2.75) is 208 Å². The summed E-state index contributed by atoms with van der Waals surface area (Å²) in [6.07, 6.45) is 31.4. The van der Waals surface area contributed by atoms with Crippen molar-refractivity contribution in [3.63, 3.8) is 0 Å². The van der Waals surface area contributed by atoms with Crippen LogP contribution < -0.4 is 0 Å². The molecule has 4 aliphatic carbocycles. The van der Waals surface area contributed by atoms with Gasteiger partial charge >= 0.3 is 0 Å². The molecule has 8 fully saturated rings. The van der Waals surface area contributed by atoms with E-state index >= 15 is 0 Å². The first kappa shape index (κ1) is 53.3. The van der Waals surface area contributed by atoms with Gasteiger partial charge in [0.1, 0.15) is 9.84 Å². The third-order valence-electron chi connectivity index (χ3n) is 14.2. The highest BCUT2D eigenvalue weighted by molar-refractivity contribution is 7.91. The summed E-state index contributed by atoms with van der Waals surface area (Å²) in [6.45, 7) is 25.0. The molecule has 0 radical (unpaired) electrons. The van der Waals surface area contributed by atoms with Crippen LogP contribution in [-0.2, 0) is 35.2 Å². The lowest BCUT2D eigenvalue weighted by Gasteiger charge is -2.36. The molecular formula is C51H96N2O6S. The summed E-state index contributed by atoms with van der Waals surface area (Å²) in [5, 5.41) is 7.07. The largest absolute Gasteiger partial charge is 0.381 e. The minimum atomic E-state index is -2.62. The molecule has 8 nitrogen and oxygen atoms in total. The zero-order valence-electron chi connectivity index (χ0n) is 40.4. The third-order valence-corrected chi connectivity index (χ3v) is 15.9. The van der Waals surface area contributed by atoms with Crippen LogP contribution in [0.3, 0.4) is 0 Å². The van der Waals surface area contributed by atoms with E-state index < -0.39 is 9.84 Å². The fourth-order valence-electron chi connectivity index (χ4n) is 8.83. The Labute approximate surface area is 370 Å². The molecule has 9 heteroatoms. The zero-order valence-corrected chi connectivity index (χ0v) is 41.2. The molecule has 1 aromatic heterocycles. The van der Waals surface area contributed by atoms with E-state index in [2.05, 4.69) is 65.6 Å². The van der Waals surface area contributed by atoms with Crippen LogP contribution in [0.5, 0.6) is 0 Å². The first-order valence-corrected chi connectivity index (χ1v) is 27.2. The van der Waals surface area contributed by atoms with E-state index in [1.54, 1.807) is 0 Å². The van der Waals surface area contributed by atoms with E-state index in [1.165, 1.54) is 140 Å². The molecule has 1 N–H and O–H groups in total. The van der Waals surface area contributed by atoms with Crippen LogP contribution in [0.25, 0.3) is 0 Å². The second kappa shape index (κ2) is 30.2. The van der Waals surface area contributed by atoms with Crippen LogP contribution >= 0.6 is 0 Å². The van der Waals surface area contributed by atoms with Crippen LogP contribution in [-0.4, -0.2) is 82.0 Å². The third kappa shape index (κ3) is 23.6. The van der Waals surface area contributed by atoms with Gasteiger partial charge in [0, 0.05) is 44.6 Å². The summed E-state index contributed by atoms with van der Waals surface area (Å²) < 4.78 is 42.6. The molecule has 1 aromatic rings. The Bertz CT molecular complexity index is 1240. The molecule has 0 amide bonds. The highest BCUT2D eigenvalue weighted by Crippen LogP contribution is 2.41. The highest BCUT2D eigenvalue weighted by atomic mass is 32.2. The van der Waals surface area contributed by atoms with Gasteiger partial charge in [-0.05, 0) is 124 Å². The molecule has 0 unspecified atom stereocenters. The summed E-state index contributed by atoms with van der Waals surface area (Å²) in [7, 11) is -2.62. The van der Waals surface area contributed by atoms with Gasteiger partial charge < -0.3 is 18.9 Å². The lowest BCUT2D eigenvalue weighted by atomic mass is 9.88. The lowest BCUT2D eigenvalue weighted by Crippen LogP contribution is -2.35. The van der Waals surface area contributed by atoms with Crippen LogP contribution in [0.15, 0.2) is 6.20 Å². The molecule has 5 aliphatic heterocycles. The number of fused-ring (bicyclic) bond motifs is 1. The van der Waals surface area contributed by atoms with Gasteiger partial charge in [0.05, 0.1) is 36.5 Å². The Morgan fingerprint density at radius 3 is 1.42 bits per heavy atom. The number of sulfone groups is 1. The van der Waals surface area contributed by atoms with E-state index in [9.17, 15) is 8.42 Å². The van der Waals surface area contributed by atoms with Crippen LogP contribution in [0.1, 0.15) is 207 Å². The average molecular weight is 865 g/mol. The number of rotatable bonds is 0. The van der Waals surface area contributed by atoms with E-state index in [1.807, 2.05) is 6.20 Å². The van der Waals surface area contributed by atoms with Gasteiger partial charge in [0.25, 0.3) is 0 Å². The van der Waals surface area contributed by atoms with E-state index in [0.717, 1.165) is 101 Å². The number of ether oxygens (including phenoxy) is 4. The highest BCUT2D eigenvalue weighted by Gasteiger charge is 2.37. The zero-order chi connectivity index (χ0) is 43.6. The normalized spacial score (nSPS) is 28.6. The Morgan fingerprint density at radius 1 is 0.517 bits per heavy atom. The van der Waals surface area contributed by atoms with Crippen molar-refractivity contribution in [3.05, 3.63) is 17.5 Å². The Kier molecular flexibility index (Phi) is 26.8. The van der Waals surface area contributed by atoms with Crippen molar-refractivity contribution < 1.29 is 27.4 Å². The quantitative estimate of drug-likeness (QED) is 0.277. The summed E-state index contributed by atoms with van der Waals surface area (Å²) in [5.41, 5.74) is 3.15. The lowest BCUT2D eigenvalue weighted by molar-refractivity contribution is -0.0925. The minimum absolute atomic E-state index is 0.354. The van der Waals surface area contributed by atoms with Crippen molar-refractivity contribution in [2.24, 2.45) is 41.4 Å². The van der Waals surface area contributed by atoms with Crippen molar-refractivity contribution in [2.75, 3.05) is 57.8 Å². The maximum absolute atomic E-state index is 10.8. The van der Waals surface area contributed by atoms with Gasteiger partial charge in [-0.2, -0.15) is 5.10 Å². The number of nitrogens with one attached hydrogen (secondary N) is 1. The number of hydrogen-bond acceptors (Lipinski definition) is 7. The Hall–Kier alpha value is -1.00. The number of aromatic amines is 1. The van der Waals surface area contributed by atoms with Gasteiger partial charge in [0.2, 0.25) is 0 Å². The molecular weight excluding hydrogens is 769 g/mol. The van der Waals surface area contributed by atoms with Gasteiger partial charge in [-0.15, -0.1) is 0 Å². The summed E-state index contributed by atoms with van der Waals surface area (Å²) in [5.74, 6) is 7.65. The molecule has 6 heterocycles. The number of aryl methyl sites for hydroxylation is 1. The molecule has 0 aromatic carbocycles. The first-order chi connectivity index (χ1) is 28.8. The molecule has 3 saturated carbocycles. The number of H-pyrrole nitrogens is 1. The summed E-state index contributed by atoms with van der Waals surface area (Å²) in [4.78, 5) is 0. The first-order valence-electron chi connectivity index (χ1n) is 25.4. The van der Waals surface area contributed by atoms with Crippen molar-refractivity contribution in [3.8, 4) is 0 Å².